The van der Waals surface area contributed by atoms with Gasteiger partial charge in [0.05, 0.1) is 5.92 Å². The molecule has 2 bridgehead atoms. The molecule has 0 radical (unpaired) electrons. The lowest BCUT2D eigenvalue weighted by Crippen LogP contribution is -2.48. The van der Waals surface area contributed by atoms with Gasteiger partial charge in [0, 0.05) is 18.6 Å². The number of carboxylic acids is 1. The van der Waals surface area contributed by atoms with E-state index in [1.54, 1.807) is 4.90 Å². The van der Waals surface area contributed by atoms with Gasteiger partial charge in [-0.15, -0.1) is 0 Å². The summed E-state index contributed by atoms with van der Waals surface area (Å²) < 4.78 is 0. The van der Waals surface area contributed by atoms with Crippen LogP contribution in [0, 0.1) is 17.8 Å². The van der Waals surface area contributed by atoms with E-state index in [-0.39, 0.29) is 17.7 Å². The quantitative estimate of drug-likeness (QED) is 0.785. The fraction of sp³-hybridized carbons (Fsp3) is 0.867. The lowest BCUT2D eigenvalue weighted by atomic mass is 9.87. The van der Waals surface area contributed by atoms with Gasteiger partial charge in [0.25, 0.3) is 0 Å². The van der Waals surface area contributed by atoms with E-state index < -0.39 is 12.0 Å². The second-order valence-electron chi connectivity index (χ2n) is 7.02. The van der Waals surface area contributed by atoms with Gasteiger partial charge in [-0.05, 0) is 43.9 Å². The molecule has 2 N–H and O–H groups in total. The topological polar surface area (TPSA) is 69.6 Å². The van der Waals surface area contributed by atoms with Crippen LogP contribution in [0.4, 0.5) is 0 Å². The summed E-state index contributed by atoms with van der Waals surface area (Å²) in [6.45, 7) is 0.675. The third-order valence-corrected chi connectivity index (χ3v) is 6.04. The number of likely N-dealkylation sites (tertiary alicyclic amines) is 1. The first-order chi connectivity index (χ1) is 9.65. The highest BCUT2D eigenvalue weighted by Gasteiger charge is 2.53. The van der Waals surface area contributed by atoms with E-state index in [0.29, 0.717) is 24.5 Å². The van der Waals surface area contributed by atoms with E-state index >= 15 is 0 Å². The number of amides is 1. The highest BCUT2D eigenvalue weighted by atomic mass is 16.4. The molecule has 1 saturated carbocycles. The maximum Gasteiger partial charge on any atom is 0.326 e. The number of aliphatic carboxylic acids is 1. The Morgan fingerprint density at radius 1 is 1.15 bits per heavy atom. The Balaban J connectivity index is 1.55. The highest BCUT2D eigenvalue weighted by Crippen LogP contribution is 2.44. The van der Waals surface area contributed by atoms with Crippen LogP contribution in [0.25, 0.3) is 0 Å². The lowest BCUT2D eigenvalue weighted by Gasteiger charge is -2.29. The third kappa shape index (κ3) is 1.72. The minimum Gasteiger partial charge on any atom is -0.480 e. The zero-order chi connectivity index (χ0) is 13.9. The van der Waals surface area contributed by atoms with Gasteiger partial charge in [-0.25, -0.2) is 4.79 Å². The van der Waals surface area contributed by atoms with Crippen molar-refractivity contribution in [2.75, 3.05) is 6.54 Å². The molecule has 5 nitrogen and oxygen atoms in total. The molecule has 4 aliphatic rings. The molecule has 5 heteroatoms. The predicted octanol–water partition coefficient (Wildman–Crippen LogP) is 0.839. The molecule has 3 aliphatic heterocycles. The van der Waals surface area contributed by atoms with Crippen molar-refractivity contribution in [2.24, 2.45) is 17.8 Å². The molecule has 3 heterocycles. The summed E-state index contributed by atoms with van der Waals surface area (Å²) in [6.07, 6.45) is 6.33. The molecule has 4 fully saturated rings. The first kappa shape index (κ1) is 12.6. The van der Waals surface area contributed by atoms with Gasteiger partial charge < -0.3 is 15.3 Å². The number of nitrogens with one attached hydrogen (secondary N) is 1. The Bertz CT molecular complexity index is 452. The highest BCUT2D eigenvalue weighted by molar-refractivity contribution is 5.87. The molecule has 1 aliphatic carbocycles. The third-order valence-electron chi connectivity index (χ3n) is 6.04. The fourth-order valence-electron chi connectivity index (χ4n) is 5.16. The predicted molar refractivity (Wildman–Crippen MR) is 72.0 cm³/mol. The molecule has 4 rings (SSSR count). The fourth-order valence-corrected chi connectivity index (χ4v) is 5.16. The largest absolute Gasteiger partial charge is 0.480 e. The minimum absolute atomic E-state index is 0.0226. The second kappa shape index (κ2) is 4.45. The molecule has 0 spiro atoms. The Hall–Kier alpha value is -1.10. The van der Waals surface area contributed by atoms with Crippen LogP contribution in [-0.2, 0) is 9.59 Å². The smallest absolute Gasteiger partial charge is 0.326 e. The molecular formula is C15H22N2O3. The summed E-state index contributed by atoms with van der Waals surface area (Å²) in [5.74, 6) is -0.0561. The normalized spacial score (nSPS) is 45.9. The molecule has 3 saturated heterocycles. The van der Waals surface area contributed by atoms with Gasteiger partial charge >= 0.3 is 5.97 Å². The van der Waals surface area contributed by atoms with Crippen molar-refractivity contribution in [1.29, 1.82) is 0 Å². The molecule has 110 valence electrons. The Kier molecular flexibility index (Phi) is 2.81. The van der Waals surface area contributed by atoms with E-state index in [2.05, 4.69) is 5.32 Å². The molecule has 0 aromatic heterocycles. The van der Waals surface area contributed by atoms with Crippen molar-refractivity contribution < 1.29 is 14.7 Å². The summed E-state index contributed by atoms with van der Waals surface area (Å²) in [7, 11) is 0. The average Bonchev–Trinajstić information content (AvgIpc) is 3.15. The van der Waals surface area contributed by atoms with Crippen molar-refractivity contribution in [3.63, 3.8) is 0 Å². The van der Waals surface area contributed by atoms with Crippen LogP contribution in [-0.4, -0.2) is 46.6 Å². The van der Waals surface area contributed by atoms with Crippen LogP contribution in [0.1, 0.15) is 38.5 Å². The van der Waals surface area contributed by atoms with Gasteiger partial charge in [-0.2, -0.15) is 0 Å². The zero-order valence-corrected chi connectivity index (χ0v) is 11.6. The number of hydrogen-bond acceptors (Lipinski definition) is 3. The van der Waals surface area contributed by atoms with Crippen molar-refractivity contribution in [3.05, 3.63) is 0 Å². The van der Waals surface area contributed by atoms with Crippen LogP contribution in [0.3, 0.4) is 0 Å². The monoisotopic (exact) mass is 278 g/mol. The van der Waals surface area contributed by atoms with Crippen molar-refractivity contribution in [1.82, 2.24) is 10.2 Å². The van der Waals surface area contributed by atoms with Gasteiger partial charge in [-0.3, -0.25) is 4.79 Å². The Labute approximate surface area is 118 Å². The SMILES string of the molecule is O=C(O)C1C2CCCC2CN1C(=O)C1CC2CCC1N2. The molecule has 20 heavy (non-hydrogen) atoms. The summed E-state index contributed by atoms with van der Waals surface area (Å²) in [6, 6.07) is 0.218. The number of carboxylic acid groups (broad SMARTS) is 1. The van der Waals surface area contributed by atoms with Gasteiger partial charge in [-0.1, -0.05) is 6.42 Å². The van der Waals surface area contributed by atoms with Crippen LogP contribution in [0.15, 0.2) is 0 Å². The number of nitrogens with zero attached hydrogens (tertiary/aromatic N) is 1. The number of carbonyl (C=O) groups is 2. The maximum absolute atomic E-state index is 12.8. The van der Waals surface area contributed by atoms with Crippen molar-refractivity contribution >= 4 is 11.9 Å². The van der Waals surface area contributed by atoms with Crippen LogP contribution in [0.5, 0.6) is 0 Å². The first-order valence-electron chi connectivity index (χ1n) is 7.94. The average molecular weight is 278 g/mol. The molecular weight excluding hydrogens is 256 g/mol. The van der Waals surface area contributed by atoms with Crippen LogP contribution < -0.4 is 5.32 Å². The van der Waals surface area contributed by atoms with E-state index in [0.717, 1.165) is 32.1 Å². The van der Waals surface area contributed by atoms with Gasteiger partial charge in [0.2, 0.25) is 5.91 Å². The summed E-state index contributed by atoms with van der Waals surface area (Å²) in [4.78, 5) is 26.1. The van der Waals surface area contributed by atoms with Crippen LogP contribution in [0.2, 0.25) is 0 Å². The number of rotatable bonds is 2. The number of carbonyl (C=O) groups excluding carboxylic acids is 1. The maximum atomic E-state index is 12.8. The zero-order valence-electron chi connectivity index (χ0n) is 11.6. The minimum atomic E-state index is -0.802. The van der Waals surface area contributed by atoms with Crippen molar-refractivity contribution in [2.45, 2.75) is 56.7 Å². The second-order valence-corrected chi connectivity index (χ2v) is 7.02. The number of fused-ring (bicyclic) bond motifs is 3. The standard InChI is InChI=1S/C15H22N2O3/c18-14(11-6-9-4-5-12(11)16-9)17-7-8-2-1-3-10(8)13(17)15(19)20/h8-13,16H,1-7H2,(H,19,20). The van der Waals surface area contributed by atoms with Crippen molar-refractivity contribution in [3.8, 4) is 0 Å². The summed E-state index contributed by atoms with van der Waals surface area (Å²) in [5.41, 5.74) is 0. The Morgan fingerprint density at radius 3 is 2.65 bits per heavy atom. The van der Waals surface area contributed by atoms with Crippen LogP contribution >= 0.6 is 0 Å². The van der Waals surface area contributed by atoms with Gasteiger partial charge in [0.1, 0.15) is 6.04 Å². The van der Waals surface area contributed by atoms with E-state index in [1.165, 1.54) is 6.42 Å². The molecule has 6 atom stereocenters. The Morgan fingerprint density at radius 2 is 2.00 bits per heavy atom. The molecule has 0 aromatic carbocycles. The summed E-state index contributed by atoms with van der Waals surface area (Å²) in [5, 5.41) is 13.0. The molecule has 1 amide bonds. The first-order valence-corrected chi connectivity index (χ1v) is 7.94. The van der Waals surface area contributed by atoms with E-state index in [4.69, 9.17) is 0 Å². The van der Waals surface area contributed by atoms with E-state index in [9.17, 15) is 14.7 Å². The molecule has 0 aromatic rings. The number of hydrogen-bond donors (Lipinski definition) is 2. The van der Waals surface area contributed by atoms with E-state index in [1.807, 2.05) is 0 Å². The lowest BCUT2D eigenvalue weighted by molar-refractivity contribution is -0.151. The molecule has 6 unspecified atom stereocenters. The summed E-state index contributed by atoms with van der Waals surface area (Å²) >= 11 is 0. The van der Waals surface area contributed by atoms with Gasteiger partial charge in [0.15, 0.2) is 0 Å².